The maximum absolute atomic E-state index is 5.82. The number of hydrogen-bond acceptors (Lipinski definition) is 4. The third-order valence-corrected chi connectivity index (χ3v) is 4.27. The molecule has 0 aliphatic rings. The maximum atomic E-state index is 5.82. The Balaban J connectivity index is 1.75. The van der Waals surface area contributed by atoms with Crippen molar-refractivity contribution in [2.75, 3.05) is 26.2 Å². The molecule has 0 amide bonds. The first-order valence-corrected chi connectivity index (χ1v) is 8.77. The number of aromatic nitrogens is 2. The average Bonchev–Trinajstić information content (AvgIpc) is 3.04. The van der Waals surface area contributed by atoms with E-state index in [1.807, 2.05) is 36.3 Å². The maximum Gasteiger partial charge on any atom is 0.119 e. The van der Waals surface area contributed by atoms with Crippen LogP contribution in [-0.2, 0) is 13.6 Å². The topological polar surface area (TPSA) is 42.3 Å². The highest BCUT2D eigenvalue weighted by Gasteiger charge is 2.07. The van der Waals surface area contributed by atoms with Crippen LogP contribution in [0, 0.1) is 0 Å². The van der Waals surface area contributed by atoms with E-state index in [-0.39, 0.29) is 6.04 Å². The van der Waals surface area contributed by atoms with Crippen LogP contribution in [0.5, 0.6) is 5.75 Å². The van der Waals surface area contributed by atoms with Gasteiger partial charge in [-0.25, -0.2) is 4.98 Å². The number of likely N-dealkylation sites (N-methyl/N-ethyl adjacent to an activating group) is 1. The van der Waals surface area contributed by atoms with Crippen LogP contribution in [0.25, 0.3) is 0 Å². The minimum Gasteiger partial charge on any atom is -0.492 e. The Labute approximate surface area is 145 Å². The van der Waals surface area contributed by atoms with Gasteiger partial charge in [0.15, 0.2) is 0 Å². The van der Waals surface area contributed by atoms with Gasteiger partial charge in [0.25, 0.3) is 0 Å². The van der Waals surface area contributed by atoms with Crippen LogP contribution in [0.1, 0.15) is 38.1 Å². The van der Waals surface area contributed by atoms with Gasteiger partial charge in [-0.05, 0) is 37.7 Å². The van der Waals surface area contributed by atoms with Crippen molar-refractivity contribution >= 4 is 0 Å². The van der Waals surface area contributed by atoms with Crippen molar-refractivity contribution in [2.24, 2.45) is 7.05 Å². The second kappa shape index (κ2) is 9.45. The molecule has 0 aliphatic heterocycles. The highest BCUT2D eigenvalue weighted by molar-refractivity contribution is 5.27. The summed E-state index contributed by atoms with van der Waals surface area (Å²) in [5.74, 6) is 0.934. The van der Waals surface area contributed by atoms with E-state index in [0.29, 0.717) is 0 Å². The van der Waals surface area contributed by atoms with Gasteiger partial charge in [0, 0.05) is 32.4 Å². The summed E-state index contributed by atoms with van der Waals surface area (Å²) in [6, 6.07) is 8.56. The molecule has 0 aliphatic carbocycles. The Morgan fingerprint density at radius 3 is 2.50 bits per heavy atom. The van der Waals surface area contributed by atoms with Gasteiger partial charge in [-0.3, -0.25) is 0 Å². The van der Waals surface area contributed by atoms with Crippen molar-refractivity contribution in [2.45, 2.75) is 33.4 Å². The minimum absolute atomic E-state index is 0.233. The Morgan fingerprint density at radius 1 is 1.21 bits per heavy atom. The number of ether oxygens (including phenoxy) is 1. The Morgan fingerprint density at radius 2 is 1.92 bits per heavy atom. The average molecular weight is 330 g/mol. The van der Waals surface area contributed by atoms with Gasteiger partial charge in [0.1, 0.15) is 12.4 Å². The Kier molecular flexibility index (Phi) is 7.28. The summed E-state index contributed by atoms with van der Waals surface area (Å²) >= 11 is 0. The summed E-state index contributed by atoms with van der Waals surface area (Å²) in [4.78, 5) is 6.74. The molecule has 0 saturated heterocycles. The molecule has 5 heteroatoms. The largest absolute Gasteiger partial charge is 0.492 e. The van der Waals surface area contributed by atoms with Crippen molar-refractivity contribution in [1.82, 2.24) is 19.8 Å². The van der Waals surface area contributed by atoms with Crippen LogP contribution in [0.3, 0.4) is 0 Å². The molecular weight excluding hydrogens is 300 g/mol. The van der Waals surface area contributed by atoms with Crippen molar-refractivity contribution in [1.29, 1.82) is 0 Å². The Bertz CT molecular complexity index is 590. The summed E-state index contributed by atoms with van der Waals surface area (Å²) in [7, 11) is 1.99. The van der Waals surface area contributed by atoms with E-state index < -0.39 is 0 Å². The van der Waals surface area contributed by atoms with Crippen LogP contribution >= 0.6 is 0 Å². The van der Waals surface area contributed by atoms with Gasteiger partial charge in [-0.2, -0.15) is 0 Å². The zero-order valence-electron chi connectivity index (χ0n) is 15.3. The lowest BCUT2D eigenvalue weighted by atomic mass is 10.2. The molecule has 0 spiro atoms. The molecule has 1 atom stereocenters. The van der Waals surface area contributed by atoms with Crippen molar-refractivity contribution in [3.05, 3.63) is 48.0 Å². The van der Waals surface area contributed by atoms with E-state index in [1.165, 1.54) is 5.56 Å². The number of rotatable bonds is 10. The fourth-order valence-electron chi connectivity index (χ4n) is 2.57. The van der Waals surface area contributed by atoms with Gasteiger partial charge in [-0.1, -0.05) is 26.0 Å². The van der Waals surface area contributed by atoms with Gasteiger partial charge >= 0.3 is 0 Å². The molecule has 0 radical (unpaired) electrons. The summed E-state index contributed by atoms with van der Waals surface area (Å²) in [5, 5.41) is 3.50. The van der Waals surface area contributed by atoms with E-state index in [0.717, 1.165) is 44.2 Å². The predicted molar refractivity (Wildman–Crippen MR) is 98.2 cm³/mol. The van der Waals surface area contributed by atoms with Crippen molar-refractivity contribution < 1.29 is 4.74 Å². The molecule has 0 fully saturated rings. The molecule has 1 unspecified atom stereocenters. The first kappa shape index (κ1) is 18.5. The van der Waals surface area contributed by atoms with Crippen molar-refractivity contribution in [3.63, 3.8) is 0 Å². The number of benzene rings is 1. The van der Waals surface area contributed by atoms with E-state index >= 15 is 0 Å². The number of aryl methyl sites for hydroxylation is 1. The lowest BCUT2D eigenvalue weighted by Gasteiger charge is -2.18. The minimum atomic E-state index is 0.233. The first-order chi connectivity index (χ1) is 11.6. The summed E-state index contributed by atoms with van der Waals surface area (Å²) < 4.78 is 7.79. The molecule has 2 rings (SSSR count). The van der Waals surface area contributed by atoms with E-state index in [2.05, 4.69) is 48.1 Å². The van der Waals surface area contributed by atoms with Gasteiger partial charge in [0.2, 0.25) is 0 Å². The Hall–Kier alpha value is -1.85. The van der Waals surface area contributed by atoms with Crippen LogP contribution in [0.4, 0.5) is 0 Å². The molecule has 0 bridgehead atoms. The zero-order valence-corrected chi connectivity index (χ0v) is 15.3. The fraction of sp³-hybridized carbons (Fsp3) is 0.526. The van der Waals surface area contributed by atoms with Crippen molar-refractivity contribution in [3.8, 4) is 5.75 Å². The zero-order chi connectivity index (χ0) is 17.4. The third kappa shape index (κ3) is 5.65. The molecule has 2 aromatic rings. The third-order valence-electron chi connectivity index (χ3n) is 4.27. The molecular formula is C19H30N4O. The summed E-state index contributed by atoms with van der Waals surface area (Å²) in [6.45, 7) is 11.1. The van der Waals surface area contributed by atoms with E-state index in [1.54, 1.807) is 0 Å². The standard InChI is InChI=1S/C19H30N4O/c1-5-23(6-2)11-12-24-18-9-7-17(8-10-18)13-20-16(3)19-14-22(4)15-21-19/h7-10,14-16,20H,5-6,11-13H2,1-4H3. The number of nitrogens with zero attached hydrogens (tertiary/aromatic N) is 3. The molecule has 24 heavy (non-hydrogen) atoms. The number of imidazole rings is 1. The van der Waals surface area contributed by atoms with Crippen LogP contribution < -0.4 is 10.1 Å². The molecule has 1 N–H and O–H groups in total. The second-order valence-corrected chi connectivity index (χ2v) is 6.09. The normalized spacial score (nSPS) is 12.5. The number of hydrogen-bond donors (Lipinski definition) is 1. The lowest BCUT2D eigenvalue weighted by Crippen LogP contribution is -2.27. The SMILES string of the molecule is CCN(CC)CCOc1ccc(CNC(C)c2cn(C)cn2)cc1. The van der Waals surface area contributed by atoms with Gasteiger partial charge in [-0.15, -0.1) is 0 Å². The van der Waals surface area contributed by atoms with Crippen LogP contribution in [0.15, 0.2) is 36.8 Å². The smallest absolute Gasteiger partial charge is 0.119 e. The molecule has 0 saturated carbocycles. The molecule has 5 nitrogen and oxygen atoms in total. The second-order valence-electron chi connectivity index (χ2n) is 6.09. The highest BCUT2D eigenvalue weighted by Crippen LogP contribution is 2.14. The van der Waals surface area contributed by atoms with Crippen LogP contribution in [0.2, 0.25) is 0 Å². The highest BCUT2D eigenvalue weighted by atomic mass is 16.5. The molecule has 1 heterocycles. The molecule has 1 aromatic carbocycles. The predicted octanol–water partition coefficient (Wildman–Crippen LogP) is 2.99. The summed E-state index contributed by atoms with van der Waals surface area (Å²) in [5.41, 5.74) is 2.31. The first-order valence-electron chi connectivity index (χ1n) is 8.77. The van der Waals surface area contributed by atoms with E-state index in [9.17, 15) is 0 Å². The van der Waals surface area contributed by atoms with Gasteiger partial charge in [0.05, 0.1) is 12.0 Å². The number of nitrogens with one attached hydrogen (secondary N) is 1. The summed E-state index contributed by atoms with van der Waals surface area (Å²) in [6.07, 6.45) is 3.88. The van der Waals surface area contributed by atoms with Gasteiger partial charge < -0.3 is 19.5 Å². The van der Waals surface area contributed by atoms with Crippen LogP contribution in [-0.4, -0.2) is 40.7 Å². The molecule has 132 valence electrons. The fourth-order valence-corrected chi connectivity index (χ4v) is 2.57. The lowest BCUT2D eigenvalue weighted by molar-refractivity contribution is 0.223. The molecule has 1 aromatic heterocycles. The quantitative estimate of drug-likeness (QED) is 0.727. The monoisotopic (exact) mass is 330 g/mol. The van der Waals surface area contributed by atoms with E-state index in [4.69, 9.17) is 4.74 Å².